The highest BCUT2D eigenvalue weighted by Crippen LogP contribution is 2.62. The monoisotopic (exact) mass is 227 g/mol. The van der Waals surface area contributed by atoms with Crippen LogP contribution in [0.25, 0.3) is 11.0 Å². The number of aromatic nitrogens is 2. The van der Waals surface area contributed by atoms with Crippen molar-refractivity contribution in [3.05, 3.63) is 24.5 Å². The summed E-state index contributed by atoms with van der Waals surface area (Å²) in [7, 11) is 0. The zero-order chi connectivity index (χ0) is 11.5. The third-order valence-electron chi connectivity index (χ3n) is 4.47. The van der Waals surface area contributed by atoms with E-state index < -0.39 is 0 Å². The molecule has 0 spiro atoms. The summed E-state index contributed by atoms with van der Waals surface area (Å²) in [6.45, 7) is 1.15. The van der Waals surface area contributed by atoms with Crippen LogP contribution in [-0.4, -0.2) is 9.55 Å². The number of fused-ring (bicyclic) bond motifs is 1. The van der Waals surface area contributed by atoms with Crippen molar-refractivity contribution in [1.29, 1.82) is 0 Å². The van der Waals surface area contributed by atoms with Crippen LogP contribution in [0.1, 0.15) is 25.7 Å². The van der Waals surface area contributed by atoms with Crippen LogP contribution in [-0.2, 0) is 6.54 Å². The minimum absolute atomic E-state index is 0.620. The second kappa shape index (κ2) is 3.03. The van der Waals surface area contributed by atoms with Crippen molar-refractivity contribution in [2.24, 2.45) is 11.3 Å². The van der Waals surface area contributed by atoms with Gasteiger partial charge in [0.15, 0.2) is 0 Å². The van der Waals surface area contributed by atoms with Crippen LogP contribution in [0.2, 0.25) is 0 Å². The van der Waals surface area contributed by atoms with Crippen LogP contribution < -0.4 is 5.73 Å². The minimum atomic E-state index is 0.620. The Morgan fingerprint density at radius 1 is 1.35 bits per heavy atom. The highest BCUT2D eigenvalue weighted by atomic mass is 15.1. The Morgan fingerprint density at radius 3 is 2.88 bits per heavy atom. The number of benzene rings is 1. The molecule has 3 heteroatoms. The SMILES string of the molecule is Nc1ccc2c(c1)ncn2CC1(C2CC2)CC1. The molecule has 2 aliphatic rings. The number of nitrogen functional groups attached to an aromatic ring is 1. The zero-order valence-corrected chi connectivity index (χ0v) is 9.89. The Kier molecular flexibility index (Phi) is 1.70. The average Bonchev–Trinajstić information content (AvgIpc) is 3.18. The maximum Gasteiger partial charge on any atom is 0.0958 e. The Balaban J connectivity index is 1.71. The van der Waals surface area contributed by atoms with Gasteiger partial charge in [-0.3, -0.25) is 0 Å². The van der Waals surface area contributed by atoms with Crippen molar-refractivity contribution in [1.82, 2.24) is 9.55 Å². The maximum absolute atomic E-state index is 5.78. The number of hydrogen-bond donors (Lipinski definition) is 1. The van der Waals surface area contributed by atoms with E-state index in [1.165, 1.54) is 31.2 Å². The fourth-order valence-electron chi connectivity index (χ4n) is 3.10. The van der Waals surface area contributed by atoms with Crippen LogP contribution in [0.5, 0.6) is 0 Å². The largest absolute Gasteiger partial charge is 0.399 e. The molecule has 0 saturated heterocycles. The molecule has 2 saturated carbocycles. The molecular weight excluding hydrogens is 210 g/mol. The zero-order valence-electron chi connectivity index (χ0n) is 9.89. The normalized spacial score (nSPS) is 21.9. The topological polar surface area (TPSA) is 43.8 Å². The Labute approximate surface area is 101 Å². The van der Waals surface area contributed by atoms with Gasteiger partial charge >= 0.3 is 0 Å². The van der Waals surface area contributed by atoms with Gasteiger partial charge in [0.2, 0.25) is 0 Å². The number of nitrogens with two attached hydrogens (primary N) is 1. The molecule has 1 aromatic heterocycles. The minimum Gasteiger partial charge on any atom is -0.399 e. The summed E-state index contributed by atoms with van der Waals surface area (Å²) in [4.78, 5) is 4.45. The van der Waals surface area contributed by atoms with Gasteiger partial charge in [-0.1, -0.05) is 0 Å². The first-order chi connectivity index (χ1) is 8.27. The molecule has 2 fully saturated rings. The van der Waals surface area contributed by atoms with E-state index in [-0.39, 0.29) is 0 Å². The van der Waals surface area contributed by atoms with Gasteiger partial charge in [0.1, 0.15) is 0 Å². The fourth-order valence-corrected chi connectivity index (χ4v) is 3.10. The van der Waals surface area contributed by atoms with Crippen molar-refractivity contribution in [2.45, 2.75) is 32.2 Å². The molecule has 2 aromatic rings. The first kappa shape index (κ1) is 9.51. The van der Waals surface area contributed by atoms with Crippen LogP contribution >= 0.6 is 0 Å². The van der Waals surface area contributed by atoms with Gasteiger partial charge in [-0.05, 0) is 55.2 Å². The average molecular weight is 227 g/mol. The fraction of sp³-hybridized carbons (Fsp3) is 0.500. The molecule has 1 heterocycles. The Morgan fingerprint density at radius 2 is 2.18 bits per heavy atom. The van der Waals surface area contributed by atoms with E-state index >= 15 is 0 Å². The predicted molar refractivity (Wildman–Crippen MR) is 68.5 cm³/mol. The quantitative estimate of drug-likeness (QED) is 0.819. The summed E-state index contributed by atoms with van der Waals surface area (Å²) in [5.41, 5.74) is 9.45. The Bertz CT molecular complexity index is 576. The Hall–Kier alpha value is -1.51. The van der Waals surface area contributed by atoms with Crippen molar-refractivity contribution < 1.29 is 0 Å². The van der Waals surface area contributed by atoms with Crippen LogP contribution in [0.4, 0.5) is 5.69 Å². The second-order valence-electron chi connectivity index (χ2n) is 5.76. The van der Waals surface area contributed by atoms with Gasteiger partial charge in [0.25, 0.3) is 0 Å². The van der Waals surface area contributed by atoms with E-state index in [2.05, 4.69) is 15.6 Å². The predicted octanol–water partition coefficient (Wildman–Crippen LogP) is 2.81. The number of nitrogens with zero attached hydrogens (tertiary/aromatic N) is 2. The maximum atomic E-state index is 5.78. The second-order valence-corrected chi connectivity index (χ2v) is 5.76. The van der Waals surface area contributed by atoms with E-state index in [9.17, 15) is 0 Å². The van der Waals surface area contributed by atoms with Gasteiger partial charge < -0.3 is 10.3 Å². The lowest BCUT2D eigenvalue weighted by atomic mass is 10.0. The summed E-state index contributed by atoms with van der Waals surface area (Å²) < 4.78 is 2.32. The van der Waals surface area contributed by atoms with E-state index in [0.717, 1.165) is 23.7 Å². The van der Waals surface area contributed by atoms with Gasteiger partial charge in [0, 0.05) is 12.2 Å². The summed E-state index contributed by atoms with van der Waals surface area (Å²) in [5.74, 6) is 0.994. The first-order valence-electron chi connectivity index (χ1n) is 6.47. The molecule has 0 radical (unpaired) electrons. The molecule has 0 unspecified atom stereocenters. The molecule has 0 aliphatic heterocycles. The van der Waals surface area contributed by atoms with Crippen molar-refractivity contribution in [3.63, 3.8) is 0 Å². The molecule has 88 valence electrons. The number of imidazole rings is 1. The lowest BCUT2D eigenvalue weighted by molar-refractivity contribution is 0.375. The highest BCUT2D eigenvalue weighted by Gasteiger charge is 2.53. The molecule has 2 N–H and O–H groups in total. The third kappa shape index (κ3) is 1.45. The van der Waals surface area contributed by atoms with E-state index in [0.29, 0.717) is 5.41 Å². The van der Waals surface area contributed by atoms with Crippen molar-refractivity contribution >= 4 is 16.7 Å². The first-order valence-corrected chi connectivity index (χ1v) is 6.47. The summed E-state index contributed by atoms with van der Waals surface area (Å²) in [6, 6.07) is 6.03. The molecule has 4 rings (SSSR count). The number of hydrogen-bond acceptors (Lipinski definition) is 2. The van der Waals surface area contributed by atoms with E-state index in [1.807, 2.05) is 18.5 Å². The van der Waals surface area contributed by atoms with Crippen molar-refractivity contribution in [3.8, 4) is 0 Å². The van der Waals surface area contributed by atoms with Crippen LogP contribution in [0.3, 0.4) is 0 Å². The lowest BCUT2D eigenvalue weighted by Gasteiger charge is -2.15. The standard InChI is InChI=1S/C14H17N3/c15-11-3-4-13-12(7-11)16-9-17(13)8-14(5-6-14)10-1-2-10/h3-4,7,9-10H,1-2,5-6,8,15H2. The molecule has 0 atom stereocenters. The van der Waals surface area contributed by atoms with Gasteiger partial charge in [-0.2, -0.15) is 0 Å². The molecule has 2 aliphatic carbocycles. The van der Waals surface area contributed by atoms with Crippen LogP contribution in [0.15, 0.2) is 24.5 Å². The molecule has 0 bridgehead atoms. The highest BCUT2D eigenvalue weighted by molar-refractivity contribution is 5.78. The summed E-state index contributed by atoms with van der Waals surface area (Å²) in [6.07, 6.45) is 7.68. The van der Waals surface area contributed by atoms with Gasteiger partial charge in [0.05, 0.1) is 17.4 Å². The van der Waals surface area contributed by atoms with E-state index in [4.69, 9.17) is 5.73 Å². The lowest BCUT2D eigenvalue weighted by Crippen LogP contribution is -2.12. The molecule has 1 aromatic carbocycles. The summed E-state index contributed by atoms with van der Waals surface area (Å²) in [5, 5.41) is 0. The van der Waals surface area contributed by atoms with E-state index in [1.54, 1.807) is 0 Å². The van der Waals surface area contributed by atoms with Crippen LogP contribution in [0, 0.1) is 11.3 Å². The molecule has 17 heavy (non-hydrogen) atoms. The van der Waals surface area contributed by atoms with Crippen molar-refractivity contribution in [2.75, 3.05) is 5.73 Å². The van der Waals surface area contributed by atoms with Gasteiger partial charge in [-0.15, -0.1) is 0 Å². The van der Waals surface area contributed by atoms with Gasteiger partial charge in [-0.25, -0.2) is 4.98 Å². The molecular formula is C14H17N3. The molecule has 3 nitrogen and oxygen atoms in total. The number of anilines is 1. The molecule has 0 amide bonds. The number of rotatable bonds is 3. The smallest absolute Gasteiger partial charge is 0.0958 e. The third-order valence-corrected chi connectivity index (χ3v) is 4.47. The summed E-state index contributed by atoms with van der Waals surface area (Å²) >= 11 is 0.